The summed E-state index contributed by atoms with van der Waals surface area (Å²) in [6, 6.07) is 17.2. The number of hydrogen-bond acceptors (Lipinski definition) is 6. The van der Waals surface area contributed by atoms with Crippen LogP contribution in [0.25, 0.3) is 10.9 Å². The van der Waals surface area contributed by atoms with Crippen molar-refractivity contribution in [1.82, 2.24) is 14.8 Å². The molecule has 1 aromatic heterocycles. The van der Waals surface area contributed by atoms with Crippen LogP contribution < -0.4 is 5.32 Å². The number of para-hydroxylation sites is 2. The lowest BCUT2D eigenvalue weighted by atomic mass is 9.95. The van der Waals surface area contributed by atoms with Gasteiger partial charge in [-0.25, -0.2) is 4.99 Å². The van der Waals surface area contributed by atoms with Crippen LogP contribution in [0.4, 0.5) is 5.69 Å². The Balaban J connectivity index is 1.42. The van der Waals surface area contributed by atoms with Crippen molar-refractivity contribution in [2.75, 3.05) is 26.2 Å². The third-order valence-electron chi connectivity index (χ3n) is 6.98. The van der Waals surface area contributed by atoms with Crippen LogP contribution in [0.15, 0.2) is 65.8 Å². The van der Waals surface area contributed by atoms with Gasteiger partial charge in [-0.2, -0.15) is 0 Å². The van der Waals surface area contributed by atoms with E-state index in [9.17, 15) is 14.7 Å². The molecule has 5 rings (SSSR count). The molecule has 8 nitrogen and oxygen atoms in total. The molecule has 2 saturated heterocycles. The predicted molar refractivity (Wildman–Crippen MR) is 134 cm³/mol. The van der Waals surface area contributed by atoms with Crippen molar-refractivity contribution in [3.8, 4) is 0 Å². The molecule has 0 saturated carbocycles. The van der Waals surface area contributed by atoms with Crippen molar-refractivity contribution in [2.24, 2.45) is 10.9 Å². The molecule has 2 amide bonds. The Morgan fingerprint density at radius 1 is 1.03 bits per heavy atom. The van der Waals surface area contributed by atoms with E-state index in [1.54, 1.807) is 0 Å². The summed E-state index contributed by atoms with van der Waals surface area (Å²) in [7, 11) is 0. The lowest BCUT2D eigenvalue weighted by Crippen LogP contribution is -2.40. The van der Waals surface area contributed by atoms with Gasteiger partial charge in [-0.3, -0.25) is 14.9 Å². The highest BCUT2D eigenvalue weighted by Gasteiger charge is 2.41. The first kappa shape index (κ1) is 23.4. The molecule has 3 heterocycles. The molecule has 0 aliphatic carbocycles. The van der Waals surface area contributed by atoms with E-state index in [-0.39, 0.29) is 18.2 Å². The lowest BCUT2D eigenvalue weighted by molar-refractivity contribution is -0.124. The predicted octanol–water partition coefficient (Wildman–Crippen LogP) is 2.22. The van der Waals surface area contributed by atoms with E-state index in [4.69, 9.17) is 5.11 Å². The molecular formula is C27H30N4O4. The number of nitrogens with one attached hydrogen (secondary N) is 1. The standard InChI is InChI=1S/C27H30N4O4/c32-17-20(33)15-30-12-10-18(11-13-30)14-31-16-22(21-8-4-5-9-23(21)31)24-25(27(35)29-26(24)34)28-19-6-2-1-3-7-19/h1-9,16,18,20,24,32-33H,10-15,17H2,(H,29,34,35). The Morgan fingerprint density at radius 3 is 2.49 bits per heavy atom. The number of likely N-dealkylation sites (tertiary alicyclic amines) is 1. The highest BCUT2D eigenvalue weighted by molar-refractivity contribution is 6.52. The number of imide groups is 1. The number of amides is 2. The Labute approximate surface area is 203 Å². The molecule has 2 aliphatic heterocycles. The summed E-state index contributed by atoms with van der Waals surface area (Å²) < 4.78 is 2.20. The second kappa shape index (κ2) is 10.1. The number of fused-ring (bicyclic) bond motifs is 1. The van der Waals surface area contributed by atoms with E-state index >= 15 is 0 Å². The smallest absolute Gasteiger partial charge is 0.273 e. The number of hydrogen-bond donors (Lipinski definition) is 3. The van der Waals surface area contributed by atoms with Crippen molar-refractivity contribution < 1.29 is 19.8 Å². The van der Waals surface area contributed by atoms with Crippen molar-refractivity contribution in [3.05, 3.63) is 66.4 Å². The van der Waals surface area contributed by atoms with Crippen LogP contribution in [0, 0.1) is 5.92 Å². The molecule has 8 heteroatoms. The molecule has 0 bridgehead atoms. The van der Waals surface area contributed by atoms with Gasteiger partial charge in [0.2, 0.25) is 5.91 Å². The Morgan fingerprint density at radius 2 is 1.74 bits per heavy atom. The molecule has 3 aromatic rings. The Kier molecular flexibility index (Phi) is 6.77. The Hall–Kier alpha value is -3.33. The molecule has 3 N–H and O–H groups in total. The average molecular weight is 475 g/mol. The summed E-state index contributed by atoms with van der Waals surface area (Å²) in [4.78, 5) is 32.3. The SMILES string of the molecule is O=C1NC(=O)C(c2cn(CC3CCN(CC(O)CO)CC3)c3ccccc23)C1=Nc1ccccc1. The fourth-order valence-electron chi connectivity index (χ4n) is 5.19. The zero-order chi connectivity index (χ0) is 24.4. The van der Waals surface area contributed by atoms with E-state index in [1.807, 2.05) is 60.8 Å². The number of piperidine rings is 1. The number of benzene rings is 2. The number of aromatic nitrogens is 1. The molecule has 2 atom stereocenters. The quantitative estimate of drug-likeness (QED) is 0.455. The largest absolute Gasteiger partial charge is 0.394 e. The van der Waals surface area contributed by atoms with Gasteiger partial charge >= 0.3 is 0 Å². The van der Waals surface area contributed by atoms with Crippen molar-refractivity contribution >= 4 is 34.1 Å². The molecule has 0 spiro atoms. The van der Waals surface area contributed by atoms with Gasteiger partial charge in [0, 0.05) is 30.2 Å². The second-order valence-electron chi connectivity index (χ2n) is 9.42. The van der Waals surface area contributed by atoms with Gasteiger partial charge in [0.15, 0.2) is 0 Å². The minimum absolute atomic E-state index is 0.217. The fourth-order valence-corrected chi connectivity index (χ4v) is 5.19. The number of β-amino-alcohol motifs (C(OH)–C–C–N with tert-alkyl or cyclic N) is 1. The molecule has 2 aromatic carbocycles. The summed E-state index contributed by atoms with van der Waals surface area (Å²) in [5.74, 6) is -1.09. The first-order valence-corrected chi connectivity index (χ1v) is 12.1. The van der Waals surface area contributed by atoms with Gasteiger partial charge in [0.1, 0.15) is 11.6 Å². The lowest BCUT2D eigenvalue weighted by Gasteiger charge is -2.33. The third kappa shape index (κ3) is 4.91. The first-order valence-electron chi connectivity index (χ1n) is 12.1. The van der Waals surface area contributed by atoms with Gasteiger partial charge in [0.05, 0.1) is 18.4 Å². The van der Waals surface area contributed by atoms with Gasteiger partial charge in [-0.15, -0.1) is 0 Å². The third-order valence-corrected chi connectivity index (χ3v) is 6.98. The number of rotatable bonds is 7. The van der Waals surface area contributed by atoms with E-state index in [2.05, 4.69) is 19.8 Å². The average Bonchev–Trinajstić information content (AvgIpc) is 3.36. The maximum Gasteiger partial charge on any atom is 0.273 e. The molecule has 2 unspecified atom stereocenters. The minimum atomic E-state index is -0.754. The van der Waals surface area contributed by atoms with Crippen LogP contribution in [-0.4, -0.2) is 69.6 Å². The number of aliphatic imine (C=N–C) groups is 1. The minimum Gasteiger partial charge on any atom is -0.394 e. The highest BCUT2D eigenvalue weighted by atomic mass is 16.3. The topological polar surface area (TPSA) is 107 Å². The monoisotopic (exact) mass is 474 g/mol. The van der Waals surface area contributed by atoms with Crippen LogP contribution in [0.3, 0.4) is 0 Å². The zero-order valence-electron chi connectivity index (χ0n) is 19.5. The van der Waals surface area contributed by atoms with Gasteiger partial charge in [0.25, 0.3) is 5.91 Å². The molecule has 2 fully saturated rings. The number of aliphatic hydroxyl groups is 2. The maximum atomic E-state index is 12.9. The Bertz CT molecular complexity index is 1240. The number of carbonyl (C=O) groups is 2. The number of nitrogens with zero attached hydrogens (tertiary/aromatic N) is 3. The molecule has 182 valence electrons. The van der Waals surface area contributed by atoms with Gasteiger partial charge < -0.3 is 19.7 Å². The molecule has 35 heavy (non-hydrogen) atoms. The maximum absolute atomic E-state index is 12.9. The van der Waals surface area contributed by atoms with Crippen LogP contribution in [0.5, 0.6) is 0 Å². The number of carbonyl (C=O) groups excluding carboxylic acids is 2. The van der Waals surface area contributed by atoms with Crippen molar-refractivity contribution in [2.45, 2.75) is 31.4 Å². The summed E-state index contributed by atoms with van der Waals surface area (Å²) >= 11 is 0. The van der Waals surface area contributed by atoms with Crippen LogP contribution in [0.2, 0.25) is 0 Å². The second-order valence-corrected chi connectivity index (χ2v) is 9.42. The van der Waals surface area contributed by atoms with E-state index in [0.717, 1.165) is 48.9 Å². The summed E-state index contributed by atoms with van der Waals surface area (Å²) in [5, 5.41) is 22.2. The molecular weight excluding hydrogens is 444 g/mol. The van der Waals surface area contributed by atoms with Crippen LogP contribution >= 0.6 is 0 Å². The number of aliphatic hydroxyl groups excluding tert-OH is 2. The van der Waals surface area contributed by atoms with Crippen LogP contribution in [-0.2, 0) is 16.1 Å². The molecule has 2 aliphatic rings. The van der Waals surface area contributed by atoms with E-state index < -0.39 is 17.9 Å². The van der Waals surface area contributed by atoms with Crippen molar-refractivity contribution in [1.29, 1.82) is 0 Å². The highest BCUT2D eigenvalue weighted by Crippen LogP contribution is 2.33. The summed E-state index contributed by atoms with van der Waals surface area (Å²) in [6.45, 7) is 2.84. The first-order chi connectivity index (χ1) is 17.0. The fraction of sp³-hybridized carbons (Fsp3) is 0.370. The van der Waals surface area contributed by atoms with E-state index in [1.165, 1.54) is 0 Å². The van der Waals surface area contributed by atoms with Crippen molar-refractivity contribution in [3.63, 3.8) is 0 Å². The van der Waals surface area contributed by atoms with Crippen LogP contribution in [0.1, 0.15) is 24.3 Å². The zero-order valence-corrected chi connectivity index (χ0v) is 19.5. The van der Waals surface area contributed by atoms with Gasteiger partial charge in [-0.1, -0.05) is 36.4 Å². The summed E-state index contributed by atoms with van der Waals surface area (Å²) in [6.07, 6.45) is 3.29. The van der Waals surface area contributed by atoms with Gasteiger partial charge in [-0.05, 0) is 55.6 Å². The van der Waals surface area contributed by atoms with E-state index in [0.29, 0.717) is 18.2 Å². The molecule has 0 radical (unpaired) electrons. The normalized spacial score (nSPS) is 21.7. The summed E-state index contributed by atoms with van der Waals surface area (Å²) in [5.41, 5.74) is 2.69.